The molecule has 0 fully saturated rings. The Balaban J connectivity index is 1.63. The lowest BCUT2D eigenvalue weighted by Crippen LogP contribution is -2.25. The molecule has 1 heterocycles. The van der Waals surface area contributed by atoms with Crippen LogP contribution < -0.4 is 10.1 Å². The van der Waals surface area contributed by atoms with Gasteiger partial charge in [0, 0.05) is 36.0 Å². The Hall–Kier alpha value is -3.86. The molecule has 10 nitrogen and oxygen atoms in total. The van der Waals surface area contributed by atoms with Gasteiger partial charge in [-0.05, 0) is 24.3 Å². The first-order chi connectivity index (χ1) is 14.4. The number of hydrogen-bond donors (Lipinski definition) is 1. The molecule has 1 amide bonds. The van der Waals surface area contributed by atoms with E-state index < -0.39 is 27.1 Å². The molecule has 30 heavy (non-hydrogen) atoms. The Labute approximate surface area is 174 Å². The molecule has 0 radical (unpaired) electrons. The highest BCUT2D eigenvalue weighted by molar-refractivity contribution is 7.09. The molecule has 0 aliphatic heterocycles. The topological polar surface area (TPSA) is 138 Å². The molecule has 0 saturated heterocycles. The summed E-state index contributed by atoms with van der Waals surface area (Å²) in [5.74, 6) is 0.118. The molecular weight excluding hydrogens is 412 g/mol. The summed E-state index contributed by atoms with van der Waals surface area (Å²) in [5.41, 5.74) is 0.565. The lowest BCUT2D eigenvalue weighted by molar-refractivity contribution is -0.394. The first-order valence-corrected chi connectivity index (χ1v) is 9.56. The van der Waals surface area contributed by atoms with E-state index in [1.54, 1.807) is 7.11 Å². The van der Waals surface area contributed by atoms with Gasteiger partial charge in [0.25, 0.3) is 17.3 Å². The number of nitrogens with one attached hydrogen (secondary N) is 1. The SMILES string of the molecule is COc1ccc(-c2csc(CCNC(=O)c3cc([N+](=O)[O-])cc([N+](=O)[O-])c3)n2)cc1. The van der Waals surface area contributed by atoms with Crippen molar-refractivity contribution in [1.82, 2.24) is 10.3 Å². The van der Waals surface area contributed by atoms with Crippen LogP contribution in [0, 0.1) is 20.2 Å². The highest BCUT2D eigenvalue weighted by atomic mass is 32.1. The minimum absolute atomic E-state index is 0.144. The fourth-order valence-electron chi connectivity index (χ4n) is 2.64. The predicted molar refractivity (Wildman–Crippen MR) is 110 cm³/mol. The van der Waals surface area contributed by atoms with Crippen LogP contribution in [-0.4, -0.2) is 34.4 Å². The molecule has 0 aliphatic carbocycles. The number of rotatable bonds is 8. The van der Waals surface area contributed by atoms with Crippen molar-refractivity contribution in [3.05, 3.63) is 78.6 Å². The summed E-state index contributed by atoms with van der Waals surface area (Å²) >= 11 is 1.44. The standard InChI is InChI=1S/C19H16N4O6S/c1-29-16-4-2-12(3-5-16)17-11-30-18(21-17)6-7-20-19(24)13-8-14(22(25)26)10-15(9-13)23(27)28/h2-5,8-11H,6-7H2,1H3,(H,20,24). The number of non-ortho nitro benzene ring substituents is 2. The van der Waals surface area contributed by atoms with Crippen molar-refractivity contribution in [3.63, 3.8) is 0 Å². The van der Waals surface area contributed by atoms with Crippen LogP contribution in [0.4, 0.5) is 11.4 Å². The first-order valence-electron chi connectivity index (χ1n) is 8.68. The van der Waals surface area contributed by atoms with Gasteiger partial charge in [0.2, 0.25) is 0 Å². The fraction of sp³-hybridized carbons (Fsp3) is 0.158. The summed E-state index contributed by atoms with van der Waals surface area (Å²) in [5, 5.41) is 27.2. The summed E-state index contributed by atoms with van der Waals surface area (Å²) in [6.07, 6.45) is 0.448. The van der Waals surface area contributed by atoms with Crippen molar-refractivity contribution in [2.75, 3.05) is 13.7 Å². The number of carbonyl (C=O) groups excluding carboxylic acids is 1. The molecule has 154 valence electrons. The second-order valence-electron chi connectivity index (χ2n) is 6.11. The number of nitrogens with zero attached hydrogens (tertiary/aromatic N) is 3. The normalized spacial score (nSPS) is 10.4. The highest BCUT2D eigenvalue weighted by Crippen LogP contribution is 2.25. The van der Waals surface area contributed by atoms with Gasteiger partial charge in [-0.15, -0.1) is 11.3 Å². The Kier molecular flexibility index (Phi) is 6.32. The van der Waals surface area contributed by atoms with E-state index in [1.165, 1.54) is 11.3 Å². The maximum absolute atomic E-state index is 12.3. The van der Waals surface area contributed by atoms with Crippen molar-refractivity contribution in [2.24, 2.45) is 0 Å². The molecule has 0 unspecified atom stereocenters. The van der Waals surface area contributed by atoms with Gasteiger partial charge in [0.15, 0.2) is 0 Å². The van der Waals surface area contributed by atoms with Gasteiger partial charge in [-0.1, -0.05) is 0 Å². The number of nitro benzene ring substituents is 2. The quantitative estimate of drug-likeness (QED) is 0.427. The molecule has 0 saturated carbocycles. The van der Waals surface area contributed by atoms with E-state index in [2.05, 4.69) is 10.3 Å². The van der Waals surface area contributed by atoms with E-state index in [0.717, 1.165) is 40.2 Å². The number of hydrogen-bond acceptors (Lipinski definition) is 8. The second kappa shape index (κ2) is 9.09. The number of amides is 1. The zero-order valence-corrected chi connectivity index (χ0v) is 16.5. The third-order valence-electron chi connectivity index (χ3n) is 4.15. The lowest BCUT2D eigenvalue weighted by atomic mass is 10.1. The zero-order valence-electron chi connectivity index (χ0n) is 15.7. The minimum Gasteiger partial charge on any atom is -0.497 e. The number of thiazole rings is 1. The summed E-state index contributed by atoms with van der Waals surface area (Å²) in [6, 6.07) is 10.3. The molecule has 2 aromatic carbocycles. The van der Waals surface area contributed by atoms with E-state index in [9.17, 15) is 25.0 Å². The number of benzene rings is 2. The van der Waals surface area contributed by atoms with Gasteiger partial charge in [-0.25, -0.2) is 4.98 Å². The molecule has 0 bridgehead atoms. The summed E-state index contributed by atoms with van der Waals surface area (Å²) in [4.78, 5) is 37.1. The van der Waals surface area contributed by atoms with Gasteiger partial charge >= 0.3 is 0 Å². The van der Waals surface area contributed by atoms with Crippen molar-refractivity contribution in [3.8, 4) is 17.0 Å². The van der Waals surface area contributed by atoms with Crippen molar-refractivity contribution >= 4 is 28.6 Å². The predicted octanol–water partition coefficient (Wildman–Crippen LogP) is 3.61. The van der Waals surface area contributed by atoms with E-state index in [0.29, 0.717) is 6.42 Å². The molecular formula is C19H16N4O6S. The molecule has 1 N–H and O–H groups in total. The van der Waals surface area contributed by atoms with Crippen LogP contribution in [0.3, 0.4) is 0 Å². The van der Waals surface area contributed by atoms with Crippen molar-refractivity contribution in [2.45, 2.75) is 6.42 Å². The van der Waals surface area contributed by atoms with E-state index in [1.807, 2.05) is 29.6 Å². The molecule has 3 rings (SSSR count). The zero-order chi connectivity index (χ0) is 21.7. The van der Waals surface area contributed by atoms with Crippen LogP contribution in [0.1, 0.15) is 15.4 Å². The number of aromatic nitrogens is 1. The van der Waals surface area contributed by atoms with Crippen molar-refractivity contribution < 1.29 is 19.4 Å². The molecule has 0 spiro atoms. The third kappa shape index (κ3) is 4.94. The molecule has 1 aromatic heterocycles. The average molecular weight is 428 g/mol. The first kappa shape index (κ1) is 20.9. The van der Waals surface area contributed by atoms with Crippen molar-refractivity contribution in [1.29, 1.82) is 0 Å². The maximum Gasteiger partial charge on any atom is 0.277 e. The minimum atomic E-state index is -0.778. The highest BCUT2D eigenvalue weighted by Gasteiger charge is 2.19. The average Bonchev–Trinajstić information content (AvgIpc) is 3.22. The van der Waals surface area contributed by atoms with E-state index in [4.69, 9.17) is 4.74 Å². The smallest absolute Gasteiger partial charge is 0.277 e. The van der Waals surface area contributed by atoms with E-state index in [-0.39, 0.29) is 12.1 Å². The van der Waals surface area contributed by atoms with Crippen LogP contribution in [0.2, 0.25) is 0 Å². The second-order valence-corrected chi connectivity index (χ2v) is 7.06. The van der Waals surface area contributed by atoms with Crippen LogP contribution in [0.5, 0.6) is 5.75 Å². The number of carbonyl (C=O) groups is 1. The fourth-order valence-corrected chi connectivity index (χ4v) is 3.45. The van der Waals surface area contributed by atoms with Gasteiger partial charge in [-0.2, -0.15) is 0 Å². The summed E-state index contributed by atoms with van der Waals surface area (Å²) in [7, 11) is 1.59. The maximum atomic E-state index is 12.3. The monoisotopic (exact) mass is 428 g/mol. The van der Waals surface area contributed by atoms with Crippen LogP contribution in [-0.2, 0) is 6.42 Å². The molecule has 0 atom stereocenters. The number of ether oxygens (including phenoxy) is 1. The van der Waals surface area contributed by atoms with Gasteiger partial charge in [0.05, 0.1) is 39.3 Å². The molecule has 3 aromatic rings. The Bertz CT molecular complexity index is 1060. The Morgan fingerprint density at radius 1 is 1.10 bits per heavy atom. The summed E-state index contributed by atoms with van der Waals surface area (Å²) in [6.45, 7) is 0.227. The summed E-state index contributed by atoms with van der Waals surface area (Å²) < 4.78 is 5.13. The molecule has 11 heteroatoms. The van der Waals surface area contributed by atoms with Gasteiger partial charge in [-0.3, -0.25) is 25.0 Å². The Morgan fingerprint density at radius 2 is 1.73 bits per heavy atom. The van der Waals surface area contributed by atoms with Gasteiger partial charge in [0.1, 0.15) is 5.75 Å². The van der Waals surface area contributed by atoms with E-state index >= 15 is 0 Å². The Morgan fingerprint density at radius 3 is 2.30 bits per heavy atom. The number of nitro groups is 2. The van der Waals surface area contributed by atoms with Crippen LogP contribution >= 0.6 is 11.3 Å². The number of methoxy groups -OCH3 is 1. The molecule has 0 aliphatic rings. The van der Waals surface area contributed by atoms with Crippen LogP contribution in [0.25, 0.3) is 11.3 Å². The largest absolute Gasteiger partial charge is 0.497 e. The third-order valence-corrected chi connectivity index (χ3v) is 5.06. The van der Waals surface area contributed by atoms with Crippen LogP contribution in [0.15, 0.2) is 47.8 Å². The van der Waals surface area contributed by atoms with Gasteiger partial charge < -0.3 is 10.1 Å². The lowest BCUT2D eigenvalue weighted by Gasteiger charge is -2.04.